The van der Waals surface area contributed by atoms with Crippen LogP contribution in [0, 0.1) is 5.92 Å². The summed E-state index contributed by atoms with van der Waals surface area (Å²) in [6.45, 7) is 3.74. The predicted octanol–water partition coefficient (Wildman–Crippen LogP) is 3.84. The van der Waals surface area contributed by atoms with Crippen molar-refractivity contribution in [2.45, 2.75) is 12.2 Å². The molecule has 0 bridgehead atoms. The molecule has 1 saturated heterocycles. The minimum absolute atomic E-state index is 0.0149. The van der Waals surface area contributed by atoms with Crippen LogP contribution < -0.4 is 20.7 Å². The molecule has 0 aromatic heterocycles. The van der Waals surface area contributed by atoms with Crippen molar-refractivity contribution in [2.75, 3.05) is 12.4 Å². The number of amides is 3. The predicted molar refractivity (Wildman–Crippen MR) is 100 cm³/mol. The largest absolute Gasteiger partial charge is 0.497 e. The van der Waals surface area contributed by atoms with Gasteiger partial charge in [-0.15, -0.1) is 0 Å². The Morgan fingerprint density at radius 2 is 1.90 bits per heavy atom. The Kier molecular flexibility index (Phi) is 5.49. The molecule has 0 saturated carbocycles. The molecule has 29 heavy (non-hydrogen) atoms. The van der Waals surface area contributed by atoms with Crippen molar-refractivity contribution < 1.29 is 27.5 Å². The molecule has 3 amide bonds. The molecule has 0 spiro atoms. The van der Waals surface area contributed by atoms with Gasteiger partial charge < -0.3 is 20.7 Å². The third kappa shape index (κ3) is 4.50. The Balaban J connectivity index is 1.90. The number of ether oxygens (including phenoxy) is 1. The maximum Gasteiger partial charge on any atom is 0.416 e. The fraction of sp³-hybridized carbons (Fsp3) is 0.200. The lowest BCUT2D eigenvalue weighted by Gasteiger charge is -2.34. The van der Waals surface area contributed by atoms with Crippen molar-refractivity contribution in [1.29, 1.82) is 0 Å². The average Bonchev–Trinajstić information content (AvgIpc) is 2.66. The standard InChI is InChI=1S/C20H18F3N3O3/c1-11-16(18(27)25-14-7-4-6-13(10-14)20(21,22)23)17(26-19(28)24-11)12-5-3-8-15(9-12)29-2/h3-10,16-17H,1H2,2H3,(H,25,27)(H2,24,26,28)/t16-,17+/m1/s1. The molecule has 2 atom stereocenters. The zero-order valence-corrected chi connectivity index (χ0v) is 15.3. The van der Waals surface area contributed by atoms with E-state index in [1.165, 1.54) is 19.2 Å². The molecule has 2 aromatic carbocycles. The van der Waals surface area contributed by atoms with E-state index in [9.17, 15) is 22.8 Å². The SMILES string of the molecule is C=C1NC(=O)N[C@@H](c2cccc(OC)c2)[C@@H]1C(=O)Nc1cccc(C(F)(F)F)c1. The Morgan fingerprint density at radius 3 is 2.59 bits per heavy atom. The van der Waals surface area contributed by atoms with E-state index >= 15 is 0 Å². The number of carbonyl (C=O) groups is 2. The fourth-order valence-corrected chi connectivity index (χ4v) is 3.10. The summed E-state index contributed by atoms with van der Waals surface area (Å²) < 4.78 is 43.9. The van der Waals surface area contributed by atoms with Crippen molar-refractivity contribution >= 4 is 17.6 Å². The Hall–Kier alpha value is -3.49. The van der Waals surface area contributed by atoms with Gasteiger partial charge in [-0.05, 0) is 35.9 Å². The first-order valence-electron chi connectivity index (χ1n) is 8.57. The van der Waals surface area contributed by atoms with Crippen molar-refractivity contribution in [2.24, 2.45) is 5.92 Å². The van der Waals surface area contributed by atoms with Crippen LogP contribution in [0.3, 0.4) is 0 Å². The molecule has 0 aliphatic carbocycles. The van der Waals surface area contributed by atoms with E-state index in [-0.39, 0.29) is 11.4 Å². The van der Waals surface area contributed by atoms with Gasteiger partial charge in [0, 0.05) is 11.4 Å². The molecule has 9 heteroatoms. The van der Waals surface area contributed by atoms with Gasteiger partial charge in [0.1, 0.15) is 11.7 Å². The summed E-state index contributed by atoms with van der Waals surface area (Å²) in [5.41, 5.74) is -0.178. The summed E-state index contributed by atoms with van der Waals surface area (Å²) in [7, 11) is 1.48. The number of methoxy groups -OCH3 is 1. The van der Waals surface area contributed by atoms with E-state index in [0.29, 0.717) is 11.3 Å². The van der Waals surface area contributed by atoms with Crippen molar-refractivity contribution in [3.05, 3.63) is 71.9 Å². The number of anilines is 1. The van der Waals surface area contributed by atoms with Crippen LogP contribution >= 0.6 is 0 Å². The molecule has 0 radical (unpaired) electrons. The monoisotopic (exact) mass is 405 g/mol. The minimum atomic E-state index is -4.53. The molecule has 3 rings (SSSR count). The second-order valence-corrected chi connectivity index (χ2v) is 6.42. The summed E-state index contributed by atoms with van der Waals surface area (Å²) >= 11 is 0. The number of alkyl halides is 3. The van der Waals surface area contributed by atoms with E-state index in [1.54, 1.807) is 24.3 Å². The molecule has 1 aliphatic heterocycles. The molecule has 1 aliphatic rings. The number of rotatable bonds is 4. The summed E-state index contributed by atoms with van der Waals surface area (Å²) in [6.07, 6.45) is -4.53. The van der Waals surface area contributed by atoms with E-state index in [0.717, 1.165) is 12.1 Å². The number of halogens is 3. The molecule has 1 heterocycles. The lowest BCUT2D eigenvalue weighted by molar-refractivity contribution is -0.137. The number of carbonyl (C=O) groups excluding carboxylic acids is 2. The first-order chi connectivity index (χ1) is 13.7. The van der Waals surface area contributed by atoms with Gasteiger partial charge in [0.2, 0.25) is 5.91 Å². The van der Waals surface area contributed by atoms with E-state index < -0.39 is 35.6 Å². The van der Waals surface area contributed by atoms with Crippen LogP contribution in [0.15, 0.2) is 60.8 Å². The maximum absolute atomic E-state index is 12.9. The highest BCUT2D eigenvalue weighted by Gasteiger charge is 2.38. The molecule has 6 nitrogen and oxygen atoms in total. The van der Waals surface area contributed by atoms with Gasteiger partial charge in [-0.1, -0.05) is 24.8 Å². The smallest absolute Gasteiger partial charge is 0.416 e. The van der Waals surface area contributed by atoms with Crippen LogP contribution in [0.25, 0.3) is 0 Å². The highest BCUT2D eigenvalue weighted by Crippen LogP contribution is 2.33. The van der Waals surface area contributed by atoms with Gasteiger partial charge in [0.25, 0.3) is 0 Å². The quantitative estimate of drug-likeness (QED) is 0.723. The lowest BCUT2D eigenvalue weighted by Crippen LogP contribution is -2.51. The number of urea groups is 1. The summed E-state index contributed by atoms with van der Waals surface area (Å²) in [6, 6.07) is 9.77. The zero-order valence-electron chi connectivity index (χ0n) is 15.3. The van der Waals surface area contributed by atoms with E-state index in [1.807, 2.05) is 0 Å². The van der Waals surface area contributed by atoms with Crippen molar-refractivity contribution in [3.63, 3.8) is 0 Å². The highest BCUT2D eigenvalue weighted by atomic mass is 19.4. The second-order valence-electron chi connectivity index (χ2n) is 6.42. The van der Waals surface area contributed by atoms with Gasteiger partial charge in [0.05, 0.1) is 18.7 Å². The number of nitrogens with one attached hydrogen (secondary N) is 3. The fourth-order valence-electron chi connectivity index (χ4n) is 3.10. The Labute approximate surface area is 164 Å². The number of hydrogen-bond donors (Lipinski definition) is 3. The third-order valence-electron chi connectivity index (χ3n) is 4.46. The minimum Gasteiger partial charge on any atom is -0.497 e. The average molecular weight is 405 g/mol. The van der Waals surface area contributed by atoms with E-state index in [2.05, 4.69) is 22.5 Å². The summed E-state index contributed by atoms with van der Waals surface area (Å²) in [5, 5.41) is 7.58. The van der Waals surface area contributed by atoms with Crippen LogP contribution in [0.2, 0.25) is 0 Å². The lowest BCUT2D eigenvalue weighted by atomic mass is 9.88. The number of benzene rings is 2. The normalized spacial score (nSPS) is 19.2. The molecule has 0 unspecified atom stereocenters. The van der Waals surface area contributed by atoms with Gasteiger partial charge >= 0.3 is 12.2 Å². The van der Waals surface area contributed by atoms with Crippen LogP contribution in [0.4, 0.5) is 23.7 Å². The van der Waals surface area contributed by atoms with Crippen molar-refractivity contribution in [1.82, 2.24) is 10.6 Å². The molecule has 1 fully saturated rings. The number of hydrogen-bond acceptors (Lipinski definition) is 3. The molecular formula is C20H18F3N3O3. The highest BCUT2D eigenvalue weighted by molar-refractivity contribution is 5.97. The molecule has 152 valence electrons. The summed E-state index contributed by atoms with van der Waals surface area (Å²) in [4.78, 5) is 24.8. The third-order valence-corrected chi connectivity index (χ3v) is 4.46. The van der Waals surface area contributed by atoms with Crippen LogP contribution in [-0.2, 0) is 11.0 Å². The Morgan fingerprint density at radius 1 is 1.17 bits per heavy atom. The molecule has 3 N–H and O–H groups in total. The Bertz CT molecular complexity index is 959. The van der Waals surface area contributed by atoms with Crippen molar-refractivity contribution in [3.8, 4) is 5.75 Å². The van der Waals surface area contributed by atoms with Crippen LogP contribution in [0.5, 0.6) is 5.75 Å². The van der Waals surface area contributed by atoms with E-state index in [4.69, 9.17) is 4.74 Å². The van der Waals surface area contributed by atoms with Gasteiger partial charge in [-0.2, -0.15) is 13.2 Å². The summed E-state index contributed by atoms with van der Waals surface area (Å²) in [5.74, 6) is -1.05. The molecule has 2 aromatic rings. The van der Waals surface area contributed by atoms with Crippen LogP contribution in [0.1, 0.15) is 17.2 Å². The maximum atomic E-state index is 12.9. The van der Waals surface area contributed by atoms with Gasteiger partial charge in [-0.3, -0.25) is 4.79 Å². The zero-order chi connectivity index (χ0) is 21.2. The van der Waals surface area contributed by atoms with Gasteiger partial charge in [-0.25, -0.2) is 4.79 Å². The first kappa shape index (κ1) is 20.2. The topological polar surface area (TPSA) is 79.5 Å². The van der Waals surface area contributed by atoms with Gasteiger partial charge in [0.15, 0.2) is 0 Å². The molecular weight excluding hydrogens is 387 g/mol. The van der Waals surface area contributed by atoms with Crippen LogP contribution in [-0.4, -0.2) is 19.0 Å². The second kappa shape index (κ2) is 7.86. The first-order valence-corrected chi connectivity index (χ1v) is 8.57.